The van der Waals surface area contributed by atoms with E-state index in [4.69, 9.17) is 5.73 Å². The molecule has 0 radical (unpaired) electrons. The highest BCUT2D eigenvalue weighted by atomic mass is 19.3. The minimum atomic E-state index is -2.87. The second kappa shape index (κ2) is 6.69. The van der Waals surface area contributed by atoms with Crippen molar-refractivity contribution in [1.82, 2.24) is 0 Å². The summed E-state index contributed by atoms with van der Waals surface area (Å²) in [6, 6.07) is 12.8. The summed E-state index contributed by atoms with van der Waals surface area (Å²) in [5.74, 6) is -0.179. The Morgan fingerprint density at radius 1 is 1.19 bits per heavy atom. The SMILES string of the molecule is Nc1cccc(CC(=O)Nc2ccc(OC(F)F)cc2)c1. The highest BCUT2D eigenvalue weighted by Crippen LogP contribution is 2.18. The fourth-order valence-electron chi connectivity index (χ4n) is 1.81. The van der Waals surface area contributed by atoms with Gasteiger partial charge in [-0.3, -0.25) is 4.79 Å². The average Bonchev–Trinajstić information content (AvgIpc) is 2.40. The first kappa shape index (κ1) is 14.8. The molecule has 1 amide bonds. The molecule has 0 bridgehead atoms. The molecule has 0 saturated heterocycles. The standard InChI is InChI=1S/C15H14F2N2O2/c16-15(17)21-13-6-4-12(5-7-13)19-14(20)9-10-2-1-3-11(18)8-10/h1-8,15H,9,18H2,(H,19,20). The molecule has 21 heavy (non-hydrogen) atoms. The van der Waals surface area contributed by atoms with Crippen LogP contribution in [0.4, 0.5) is 20.2 Å². The van der Waals surface area contributed by atoms with Gasteiger partial charge < -0.3 is 15.8 Å². The fourth-order valence-corrected chi connectivity index (χ4v) is 1.81. The normalized spacial score (nSPS) is 10.4. The summed E-state index contributed by atoms with van der Waals surface area (Å²) in [6.07, 6.45) is 0.181. The van der Waals surface area contributed by atoms with Crippen LogP contribution in [-0.2, 0) is 11.2 Å². The van der Waals surface area contributed by atoms with E-state index in [-0.39, 0.29) is 18.1 Å². The van der Waals surface area contributed by atoms with E-state index in [0.29, 0.717) is 11.4 Å². The maximum Gasteiger partial charge on any atom is 0.387 e. The van der Waals surface area contributed by atoms with Crippen LogP contribution in [0.2, 0.25) is 0 Å². The molecular weight excluding hydrogens is 278 g/mol. The van der Waals surface area contributed by atoms with Gasteiger partial charge in [-0.25, -0.2) is 0 Å². The third-order valence-corrected chi connectivity index (χ3v) is 2.68. The molecule has 0 atom stereocenters. The monoisotopic (exact) mass is 292 g/mol. The van der Waals surface area contributed by atoms with Crippen LogP contribution >= 0.6 is 0 Å². The average molecular weight is 292 g/mol. The van der Waals surface area contributed by atoms with Crippen molar-refractivity contribution in [3.8, 4) is 5.75 Å². The summed E-state index contributed by atoms with van der Waals surface area (Å²) in [4.78, 5) is 11.9. The van der Waals surface area contributed by atoms with Gasteiger partial charge in [0.15, 0.2) is 0 Å². The highest BCUT2D eigenvalue weighted by molar-refractivity contribution is 5.92. The lowest BCUT2D eigenvalue weighted by Crippen LogP contribution is -2.14. The highest BCUT2D eigenvalue weighted by Gasteiger charge is 2.06. The topological polar surface area (TPSA) is 64.4 Å². The predicted molar refractivity (Wildman–Crippen MR) is 76.3 cm³/mol. The molecule has 0 aliphatic heterocycles. The molecule has 0 unspecified atom stereocenters. The quantitative estimate of drug-likeness (QED) is 0.832. The van der Waals surface area contributed by atoms with Crippen LogP contribution in [0.15, 0.2) is 48.5 Å². The molecule has 0 saturated carbocycles. The Hall–Kier alpha value is -2.63. The summed E-state index contributed by atoms with van der Waals surface area (Å²) in [7, 11) is 0. The van der Waals surface area contributed by atoms with E-state index in [1.165, 1.54) is 24.3 Å². The van der Waals surface area contributed by atoms with E-state index in [9.17, 15) is 13.6 Å². The molecule has 110 valence electrons. The fraction of sp³-hybridized carbons (Fsp3) is 0.133. The molecule has 0 aliphatic carbocycles. The van der Waals surface area contributed by atoms with E-state index >= 15 is 0 Å². The smallest absolute Gasteiger partial charge is 0.387 e. The Morgan fingerprint density at radius 2 is 1.90 bits per heavy atom. The number of carbonyl (C=O) groups is 1. The number of hydrogen-bond donors (Lipinski definition) is 2. The van der Waals surface area contributed by atoms with Crippen molar-refractivity contribution in [2.45, 2.75) is 13.0 Å². The lowest BCUT2D eigenvalue weighted by molar-refractivity contribution is -0.115. The largest absolute Gasteiger partial charge is 0.435 e. The third-order valence-electron chi connectivity index (χ3n) is 2.68. The van der Waals surface area contributed by atoms with E-state index in [1.807, 2.05) is 0 Å². The number of nitrogens with one attached hydrogen (secondary N) is 1. The number of anilines is 2. The zero-order chi connectivity index (χ0) is 15.2. The zero-order valence-electron chi connectivity index (χ0n) is 11.1. The first-order valence-electron chi connectivity index (χ1n) is 6.22. The Bertz CT molecular complexity index is 615. The molecule has 0 fully saturated rings. The van der Waals surface area contributed by atoms with Gasteiger partial charge in [0.2, 0.25) is 5.91 Å². The number of benzene rings is 2. The molecule has 2 rings (SSSR count). The van der Waals surface area contributed by atoms with Crippen LogP contribution in [0.5, 0.6) is 5.75 Å². The first-order valence-corrected chi connectivity index (χ1v) is 6.22. The summed E-state index contributed by atoms with van der Waals surface area (Å²) in [6.45, 7) is -2.87. The van der Waals surface area contributed by atoms with Gasteiger partial charge in [-0.1, -0.05) is 12.1 Å². The van der Waals surface area contributed by atoms with Crippen LogP contribution < -0.4 is 15.8 Å². The van der Waals surface area contributed by atoms with Gasteiger partial charge in [-0.15, -0.1) is 0 Å². The molecular formula is C15H14F2N2O2. The van der Waals surface area contributed by atoms with Crippen LogP contribution in [0, 0.1) is 0 Å². The molecule has 4 nitrogen and oxygen atoms in total. The molecule has 0 aromatic heterocycles. The molecule has 2 aromatic carbocycles. The van der Waals surface area contributed by atoms with Crippen molar-refractivity contribution in [3.05, 3.63) is 54.1 Å². The van der Waals surface area contributed by atoms with Gasteiger partial charge in [0.1, 0.15) is 5.75 Å². The number of hydrogen-bond acceptors (Lipinski definition) is 3. The number of carbonyl (C=O) groups excluding carboxylic acids is 1. The molecule has 3 N–H and O–H groups in total. The van der Waals surface area contributed by atoms with Crippen LogP contribution in [0.1, 0.15) is 5.56 Å². The number of ether oxygens (including phenoxy) is 1. The van der Waals surface area contributed by atoms with E-state index in [2.05, 4.69) is 10.1 Å². The maximum absolute atomic E-state index is 12.0. The Kier molecular flexibility index (Phi) is 4.71. The van der Waals surface area contributed by atoms with Gasteiger partial charge in [-0.05, 0) is 42.0 Å². The second-order valence-electron chi connectivity index (χ2n) is 4.37. The van der Waals surface area contributed by atoms with Crippen molar-refractivity contribution in [2.24, 2.45) is 0 Å². The summed E-state index contributed by atoms with van der Waals surface area (Å²) in [5.41, 5.74) is 7.53. The lowest BCUT2D eigenvalue weighted by Gasteiger charge is -2.08. The molecule has 2 aromatic rings. The van der Waals surface area contributed by atoms with Gasteiger partial charge >= 0.3 is 6.61 Å². The van der Waals surface area contributed by atoms with Crippen LogP contribution in [0.3, 0.4) is 0 Å². The minimum Gasteiger partial charge on any atom is -0.435 e. The number of amides is 1. The van der Waals surface area contributed by atoms with Crippen molar-refractivity contribution < 1.29 is 18.3 Å². The third kappa shape index (κ3) is 4.76. The number of rotatable bonds is 5. The summed E-state index contributed by atoms with van der Waals surface area (Å²) < 4.78 is 28.2. The Labute approximate surface area is 120 Å². The van der Waals surface area contributed by atoms with Crippen molar-refractivity contribution in [1.29, 1.82) is 0 Å². The van der Waals surface area contributed by atoms with Gasteiger partial charge in [-0.2, -0.15) is 8.78 Å². The van der Waals surface area contributed by atoms with Gasteiger partial charge in [0, 0.05) is 11.4 Å². The number of nitrogens with two attached hydrogens (primary N) is 1. The molecule has 6 heteroatoms. The van der Waals surface area contributed by atoms with Gasteiger partial charge in [0.05, 0.1) is 6.42 Å². The predicted octanol–water partition coefficient (Wildman–Crippen LogP) is 3.05. The molecule has 0 aliphatic rings. The van der Waals surface area contributed by atoms with Crippen molar-refractivity contribution in [3.63, 3.8) is 0 Å². The second-order valence-corrected chi connectivity index (χ2v) is 4.37. The summed E-state index contributed by atoms with van der Waals surface area (Å²) in [5, 5.41) is 2.67. The molecule has 0 spiro atoms. The lowest BCUT2D eigenvalue weighted by atomic mass is 10.1. The number of nitrogen functional groups attached to an aromatic ring is 1. The van der Waals surface area contributed by atoms with E-state index in [0.717, 1.165) is 5.56 Å². The van der Waals surface area contributed by atoms with E-state index < -0.39 is 6.61 Å². The Balaban J connectivity index is 1.93. The Morgan fingerprint density at radius 3 is 2.52 bits per heavy atom. The molecule has 0 heterocycles. The van der Waals surface area contributed by atoms with Crippen molar-refractivity contribution >= 4 is 17.3 Å². The number of alkyl halides is 2. The first-order chi connectivity index (χ1) is 10.0. The van der Waals surface area contributed by atoms with Crippen molar-refractivity contribution in [2.75, 3.05) is 11.1 Å². The van der Waals surface area contributed by atoms with Crippen LogP contribution in [-0.4, -0.2) is 12.5 Å². The number of halogens is 2. The van der Waals surface area contributed by atoms with Gasteiger partial charge in [0.25, 0.3) is 0 Å². The zero-order valence-corrected chi connectivity index (χ0v) is 11.1. The summed E-state index contributed by atoms with van der Waals surface area (Å²) >= 11 is 0. The maximum atomic E-state index is 12.0. The van der Waals surface area contributed by atoms with Crippen LogP contribution in [0.25, 0.3) is 0 Å². The minimum absolute atomic E-state index is 0.0406. The van der Waals surface area contributed by atoms with E-state index in [1.54, 1.807) is 24.3 Å².